The van der Waals surface area contributed by atoms with Crippen LogP contribution in [0.4, 0.5) is 0 Å². The van der Waals surface area contributed by atoms with Crippen LogP contribution in [0.3, 0.4) is 0 Å². The minimum absolute atomic E-state index is 0.125. The van der Waals surface area contributed by atoms with Gasteiger partial charge in [0.1, 0.15) is 5.60 Å². The Labute approximate surface area is 104 Å². The Hall–Kier alpha value is -2.17. The maximum Gasteiger partial charge on any atom is 0.359 e. The summed E-state index contributed by atoms with van der Waals surface area (Å²) in [5.41, 5.74) is -0.797. The van der Waals surface area contributed by atoms with Gasteiger partial charge < -0.3 is 4.74 Å². The summed E-state index contributed by atoms with van der Waals surface area (Å²) >= 11 is 0. The molecule has 0 amide bonds. The number of esters is 1. The quantitative estimate of drug-likeness (QED) is 0.780. The highest BCUT2D eigenvalue weighted by Gasteiger charge is 2.21. The molecule has 5 heteroatoms. The summed E-state index contributed by atoms with van der Waals surface area (Å²) in [4.78, 5) is 23.5. The lowest BCUT2D eigenvalue weighted by molar-refractivity contribution is 0.00641. The lowest BCUT2D eigenvalue weighted by Gasteiger charge is -2.19. The van der Waals surface area contributed by atoms with Crippen LogP contribution in [0.5, 0.6) is 0 Å². The summed E-state index contributed by atoms with van der Waals surface area (Å²) in [6.07, 6.45) is 0. The van der Waals surface area contributed by atoms with Crippen LogP contribution in [0.15, 0.2) is 29.1 Å². The normalized spacial score (nSPS) is 11.5. The van der Waals surface area contributed by atoms with E-state index in [9.17, 15) is 9.59 Å². The molecule has 0 aliphatic heterocycles. The van der Waals surface area contributed by atoms with Crippen molar-refractivity contribution in [2.75, 3.05) is 0 Å². The van der Waals surface area contributed by atoms with Gasteiger partial charge in [-0.15, -0.1) is 0 Å². The Bertz CT molecular complexity index is 653. The van der Waals surface area contributed by atoms with Crippen LogP contribution >= 0.6 is 0 Å². The van der Waals surface area contributed by atoms with Crippen molar-refractivity contribution in [1.82, 2.24) is 10.2 Å². The standard InChI is InChI=1S/C13H14N2O3/c1-13(2,3)18-12(17)10-8-6-4-5-7-9(8)11(16)15-14-10/h4-7H,1-3H3,(H,15,16). The molecule has 1 aromatic heterocycles. The zero-order valence-electron chi connectivity index (χ0n) is 10.5. The average molecular weight is 246 g/mol. The molecule has 1 N–H and O–H groups in total. The summed E-state index contributed by atoms with van der Waals surface area (Å²) in [5, 5.41) is 7.00. The first kappa shape index (κ1) is 12.3. The van der Waals surface area contributed by atoms with Gasteiger partial charge in [-0.2, -0.15) is 5.10 Å². The minimum Gasteiger partial charge on any atom is -0.455 e. The number of carbonyl (C=O) groups is 1. The number of benzene rings is 1. The van der Waals surface area contributed by atoms with Gasteiger partial charge in [0.2, 0.25) is 0 Å². The van der Waals surface area contributed by atoms with Crippen LogP contribution in [0, 0.1) is 0 Å². The molecule has 0 radical (unpaired) electrons. The predicted molar refractivity (Wildman–Crippen MR) is 67.5 cm³/mol. The number of nitrogens with one attached hydrogen (secondary N) is 1. The molecule has 0 bridgehead atoms. The zero-order valence-corrected chi connectivity index (χ0v) is 10.5. The highest BCUT2D eigenvalue weighted by Crippen LogP contribution is 2.16. The third-order valence-corrected chi connectivity index (χ3v) is 2.29. The number of hydrogen-bond donors (Lipinski definition) is 1. The molecule has 0 unspecified atom stereocenters. The second-order valence-corrected chi connectivity index (χ2v) is 4.95. The second kappa shape index (κ2) is 4.25. The third-order valence-electron chi connectivity index (χ3n) is 2.29. The Morgan fingerprint density at radius 2 is 1.83 bits per heavy atom. The van der Waals surface area contributed by atoms with Gasteiger partial charge >= 0.3 is 5.97 Å². The smallest absolute Gasteiger partial charge is 0.359 e. The molecule has 1 heterocycles. The molecule has 0 atom stereocenters. The van der Waals surface area contributed by atoms with Crippen molar-refractivity contribution >= 4 is 16.7 Å². The minimum atomic E-state index is -0.601. The molecule has 0 saturated heterocycles. The van der Waals surface area contributed by atoms with E-state index in [1.165, 1.54) is 0 Å². The Kier molecular flexibility index (Phi) is 2.90. The van der Waals surface area contributed by atoms with Gasteiger partial charge in [0.25, 0.3) is 5.56 Å². The molecule has 5 nitrogen and oxygen atoms in total. The van der Waals surface area contributed by atoms with Gasteiger partial charge in [-0.25, -0.2) is 9.89 Å². The fourth-order valence-electron chi connectivity index (χ4n) is 1.60. The van der Waals surface area contributed by atoms with Crippen molar-refractivity contribution in [1.29, 1.82) is 0 Å². The summed E-state index contributed by atoms with van der Waals surface area (Å²) < 4.78 is 5.25. The fraction of sp³-hybridized carbons (Fsp3) is 0.308. The fourth-order valence-corrected chi connectivity index (χ4v) is 1.60. The van der Waals surface area contributed by atoms with Crippen molar-refractivity contribution in [2.45, 2.75) is 26.4 Å². The number of carbonyl (C=O) groups excluding carboxylic acids is 1. The second-order valence-electron chi connectivity index (χ2n) is 4.95. The van der Waals surface area contributed by atoms with Gasteiger partial charge in [-0.05, 0) is 26.8 Å². The van der Waals surface area contributed by atoms with Crippen molar-refractivity contribution in [3.05, 3.63) is 40.3 Å². The van der Waals surface area contributed by atoms with E-state index < -0.39 is 11.6 Å². The van der Waals surface area contributed by atoms with Crippen molar-refractivity contribution in [2.24, 2.45) is 0 Å². The van der Waals surface area contributed by atoms with Crippen LogP contribution in [0.25, 0.3) is 10.8 Å². The Morgan fingerprint density at radius 3 is 2.44 bits per heavy atom. The molecule has 18 heavy (non-hydrogen) atoms. The molecule has 0 saturated carbocycles. The van der Waals surface area contributed by atoms with Gasteiger partial charge in [0.05, 0.1) is 5.39 Å². The lowest BCUT2D eigenvalue weighted by atomic mass is 10.1. The van der Waals surface area contributed by atoms with E-state index in [2.05, 4.69) is 10.2 Å². The van der Waals surface area contributed by atoms with E-state index in [-0.39, 0.29) is 11.3 Å². The molecular formula is C13H14N2O3. The number of hydrogen-bond acceptors (Lipinski definition) is 4. The van der Waals surface area contributed by atoms with E-state index in [0.29, 0.717) is 10.8 Å². The van der Waals surface area contributed by atoms with Gasteiger partial charge in [0, 0.05) is 5.39 Å². The summed E-state index contributed by atoms with van der Waals surface area (Å²) in [6, 6.07) is 6.80. The lowest BCUT2D eigenvalue weighted by Crippen LogP contribution is -2.25. The van der Waals surface area contributed by atoms with Crippen LogP contribution in [-0.2, 0) is 4.74 Å². The first-order chi connectivity index (χ1) is 8.38. The maximum absolute atomic E-state index is 12.0. The van der Waals surface area contributed by atoms with Crippen LogP contribution in [0.2, 0.25) is 0 Å². The number of nitrogens with zero attached hydrogens (tertiary/aromatic N) is 1. The average Bonchev–Trinajstić information content (AvgIpc) is 2.27. The summed E-state index contributed by atoms with van der Waals surface area (Å²) in [7, 11) is 0. The number of aromatic amines is 1. The molecule has 0 fully saturated rings. The van der Waals surface area contributed by atoms with E-state index in [4.69, 9.17) is 4.74 Å². The molecule has 94 valence electrons. The van der Waals surface area contributed by atoms with Crippen molar-refractivity contribution in [3.63, 3.8) is 0 Å². The predicted octanol–water partition coefficient (Wildman–Crippen LogP) is 1.88. The van der Waals surface area contributed by atoms with Gasteiger partial charge in [-0.3, -0.25) is 4.79 Å². The summed E-state index contributed by atoms with van der Waals surface area (Å²) in [5.74, 6) is -0.546. The van der Waals surface area contributed by atoms with E-state index in [0.717, 1.165) is 0 Å². The SMILES string of the molecule is CC(C)(C)OC(=O)c1n[nH]c(=O)c2ccccc12. The number of fused-ring (bicyclic) bond motifs is 1. The number of rotatable bonds is 1. The van der Waals surface area contributed by atoms with Crippen LogP contribution in [-0.4, -0.2) is 21.8 Å². The maximum atomic E-state index is 12.0. The van der Waals surface area contributed by atoms with Crippen molar-refractivity contribution in [3.8, 4) is 0 Å². The van der Waals surface area contributed by atoms with E-state index in [1.807, 2.05) is 0 Å². The number of H-pyrrole nitrogens is 1. The van der Waals surface area contributed by atoms with Crippen LogP contribution < -0.4 is 5.56 Å². The monoisotopic (exact) mass is 246 g/mol. The van der Waals surface area contributed by atoms with Crippen molar-refractivity contribution < 1.29 is 9.53 Å². The first-order valence-electron chi connectivity index (χ1n) is 5.59. The Balaban J connectivity index is 2.56. The number of aromatic nitrogens is 2. The molecule has 0 aliphatic carbocycles. The topological polar surface area (TPSA) is 72.0 Å². The molecule has 2 rings (SSSR count). The Morgan fingerprint density at radius 1 is 1.22 bits per heavy atom. The van der Waals surface area contributed by atoms with Crippen LogP contribution in [0.1, 0.15) is 31.3 Å². The van der Waals surface area contributed by atoms with E-state index in [1.54, 1.807) is 45.0 Å². The third kappa shape index (κ3) is 2.40. The van der Waals surface area contributed by atoms with Gasteiger partial charge in [-0.1, -0.05) is 18.2 Å². The summed E-state index contributed by atoms with van der Waals surface area (Å²) in [6.45, 7) is 5.33. The zero-order chi connectivity index (χ0) is 13.3. The molecule has 1 aromatic carbocycles. The van der Waals surface area contributed by atoms with E-state index >= 15 is 0 Å². The highest BCUT2D eigenvalue weighted by molar-refractivity contribution is 6.02. The van der Waals surface area contributed by atoms with Gasteiger partial charge in [0.15, 0.2) is 5.69 Å². The molecule has 0 spiro atoms. The molecule has 0 aliphatic rings. The highest BCUT2D eigenvalue weighted by atomic mass is 16.6. The first-order valence-corrected chi connectivity index (χ1v) is 5.59. The number of ether oxygens (including phenoxy) is 1. The molecule has 2 aromatic rings. The largest absolute Gasteiger partial charge is 0.455 e. The molecular weight excluding hydrogens is 232 g/mol.